The topological polar surface area (TPSA) is 59.0 Å². The van der Waals surface area contributed by atoms with Crippen LogP contribution < -0.4 is 10.5 Å². The Morgan fingerprint density at radius 2 is 2.22 bits per heavy atom. The molecule has 0 bridgehead atoms. The van der Waals surface area contributed by atoms with Crippen molar-refractivity contribution in [3.8, 4) is 11.8 Å². The molecule has 2 N–H and O–H groups in total. The molecule has 3 nitrogen and oxygen atoms in total. The lowest BCUT2D eigenvalue weighted by Gasteiger charge is -2.16. The monoisotopic (exact) mass is 244 g/mol. The number of rotatable bonds is 5. The molecule has 0 saturated heterocycles. The molecular weight excluding hydrogens is 224 g/mol. The van der Waals surface area contributed by atoms with Crippen LogP contribution in [0.15, 0.2) is 18.2 Å². The fraction of sp³-hybridized carbons (Fsp3) is 0.533. The van der Waals surface area contributed by atoms with Crippen LogP contribution in [0, 0.1) is 23.7 Å². The van der Waals surface area contributed by atoms with E-state index in [0.717, 1.165) is 29.7 Å². The van der Waals surface area contributed by atoms with Crippen molar-refractivity contribution in [1.82, 2.24) is 0 Å². The van der Waals surface area contributed by atoms with Gasteiger partial charge in [-0.25, -0.2) is 0 Å². The number of ether oxygens (including phenoxy) is 1. The van der Waals surface area contributed by atoms with Crippen molar-refractivity contribution >= 4 is 0 Å². The standard InChI is InChI=1S/C15H20N2O/c1-11-9-13(12(2)17)3-4-14(11)18-10-15(5-6-15)7-8-16/h3-4,9,12H,5-7,10,17H2,1-2H3/t12-/m1/s1. The van der Waals surface area contributed by atoms with Crippen molar-refractivity contribution in [3.63, 3.8) is 0 Å². The van der Waals surface area contributed by atoms with Gasteiger partial charge in [0, 0.05) is 17.9 Å². The maximum Gasteiger partial charge on any atom is 0.122 e. The predicted octanol–water partition coefficient (Wildman–Crippen LogP) is 3.09. The molecule has 0 unspecified atom stereocenters. The zero-order valence-corrected chi connectivity index (χ0v) is 11.1. The molecule has 1 fully saturated rings. The van der Waals surface area contributed by atoms with Crippen LogP contribution in [0.4, 0.5) is 0 Å². The minimum atomic E-state index is 0.0473. The summed E-state index contributed by atoms with van der Waals surface area (Å²) < 4.78 is 5.86. The van der Waals surface area contributed by atoms with Gasteiger partial charge >= 0.3 is 0 Å². The second-order valence-corrected chi connectivity index (χ2v) is 5.44. The summed E-state index contributed by atoms with van der Waals surface area (Å²) in [5, 5.41) is 8.77. The summed E-state index contributed by atoms with van der Waals surface area (Å²) in [6, 6.07) is 8.36. The quantitative estimate of drug-likeness (QED) is 0.865. The molecule has 1 aliphatic carbocycles. The van der Waals surface area contributed by atoms with Crippen molar-refractivity contribution in [2.45, 2.75) is 39.2 Å². The predicted molar refractivity (Wildman–Crippen MR) is 71.2 cm³/mol. The highest BCUT2D eigenvalue weighted by Gasteiger charge is 2.43. The van der Waals surface area contributed by atoms with Gasteiger partial charge in [-0.15, -0.1) is 0 Å². The van der Waals surface area contributed by atoms with E-state index < -0.39 is 0 Å². The van der Waals surface area contributed by atoms with E-state index in [9.17, 15) is 0 Å². The van der Waals surface area contributed by atoms with Crippen LogP contribution in [-0.4, -0.2) is 6.61 Å². The Morgan fingerprint density at radius 3 is 2.72 bits per heavy atom. The van der Waals surface area contributed by atoms with Gasteiger partial charge in [0.1, 0.15) is 5.75 Å². The lowest BCUT2D eigenvalue weighted by molar-refractivity contribution is 0.235. The Morgan fingerprint density at radius 1 is 1.50 bits per heavy atom. The Bertz CT molecular complexity index is 470. The van der Waals surface area contributed by atoms with Crippen molar-refractivity contribution < 1.29 is 4.74 Å². The summed E-state index contributed by atoms with van der Waals surface area (Å²) in [7, 11) is 0. The third-order valence-corrected chi connectivity index (χ3v) is 3.67. The molecule has 0 amide bonds. The molecule has 2 rings (SSSR count). The van der Waals surface area contributed by atoms with Gasteiger partial charge in [-0.1, -0.05) is 12.1 Å². The molecular formula is C15H20N2O. The molecule has 0 radical (unpaired) electrons. The summed E-state index contributed by atoms with van der Waals surface area (Å²) in [6.45, 7) is 4.66. The van der Waals surface area contributed by atoms with Crippen LogP contribution >= 0.6 is 0 Å². The lowest BCUT2D eigenvalue weighted by Crippen LogP contribution is -2.13. The molecule has 1 aromatic rings. The zero-order valence-electron chi connectivity index (χ0n) is 11.1. The highest BCUT2D eigenvalue weighted by molar-refractivity contribution is 5.37. The van der Waals surface area contributed by atoms with Gasteiger partial charge in [0.05, 0.1) is 12.7 Å². The van der Waals surface area contributed by atoms with E-state index in [0.29, 0.717) is 13.0 Å². The number of nitriles is 1. The number of nitrogens with two attached hydrogens (primary N) is 1. The van der Waals surface area contributed by atoms with E-state index in [4.69, 9.17) is 15.7 Å². The summed E-state index contributed by atoms with van der Waals surface area (Å²) in [4.78, 5) is 0. The Labute approximate surface area is 109 Å². The number of benzene rings is 1. The molecule has 1 aromatic carbocycles. The van der Waals surface area contributed by atoms with E-state index in [2.05, 4.69) is 12.1 Å². The Balaban J connectivity index is 2.00. The van der Waals surface area contributed by atoms with Gasteiger partial charge in [-0.2, -0.15) is 5.26 Å². The van der Waals surface area contributed by atoms with E-state index in [1.54, 1.807) is 0 Å². The summed E-state index contributed by atoms with van der Waals surface area (Å²) in [6.07, 6.45) is 2.82. The van der Waals surface area contributed by atoms with Gasteiger partial charge in [0.2, 0.25) is 0 Å². The second kappa shape index (κ2) is 4.99. The van der Waals surface area contributed by atoms with E-state index in [1.165, 1.54) is 0 Å². The summed E-state index contributed by atoms with van der Waals surface area (Å²) >= 11 is 0. The van der Waals surface area contributed by atoms with Gasteiger partial charge in [0.15, 0.2) is 0 Å². The van der Waals surface area contributed by atoms with Crippen LogP contribution in [0.5, 0.6) is 5.75 Å². The van der Waals surface area contributed by atoms with Crippen LogP contribution in [-0.2, 0) is 0 Å². The molecule has 1 aliphatic rings. The summed E-state index contributed by atoms with van der Waals surface area (Å²) in [5.74, 6) is 0.906. The average Bonchev–Trinajstić information content (AvgIpc) is 3.08. The molecule has 1 saturated carbocycles. The Hall–Kier alpha value is -1.53. The number of nitrogens with zero attached hydrogens (tertiary/aromatic N) is 1. The normalized spacial score (nSPS) is 17.9. The van der Waals surface area contributed by atoms with Crippen LogP contribution in [0.25, 0.3) is 0 Å². The number of hydrogen-bond donors (Lipinski definition) is 1. The maximum absolute atomic E-state index is 8.77. The SMILES string of the molecule is Cc1cc([C@@H](C)N)ccc1OCC1(CC#N)CC1. The van der Waals surface area contributed by atoms with Gasteiger partial charge in [0.25, 0.3) is 0 Å². The average molecular weight is 244 g/mol. The van der Waals surface area contributed by atoms with Crippen molar-refractivity contribution in [2.75, 3.05) is 6.61 Å². The minimum absolute atomic E-state index is 0.0473. The first-order valence-corrected chi connectivity index (χ1v) is 6.42. The first-order chi connectivity index (χ1) is 8.56. The third kappa shape index (κ3) is 2.83. The van der Waals surface area contributed by atoms with E-state index >= 15 is 0 Å². The van der Waals surface area contributed by atoms with Crippen molar-refractivity contribution in [2.24, 2.45) is 11.1 Å². The number of aryl methyl sites for hydroxylation is 1. The van der Waals surface area contributed by atoms with E-state index in [-0.39, 0.29) is 11.5 Å². The van der Waals surface area contributed by atoms with E-state index in [1.807, 2.05) is 26.0 Å². The maximum atomic E-state index is 8.77. The first kappa shape index (κ1) is 12.9. The zero-order chi connectivity index (χ0) is 13.2. The minimum Gasteiger partial charge on any atom is -0.493 e. The third-order valence-electron chi connectivity index (χ3n) is 3.67. The molecule has 0 heterocycles. The molecule has 1 atom stereocenters. The summed E-state index contributed by atoms with van der Waals surface area (Å²) in [5.41, 5.74) is 8.21. The van der Waals surface area contributed by atoms with Crippen molar-refractivity contribution in [1.29, 1.82) is 5.26 Å². The first-order valence-electron chi connectivity index (χ1n) is 6.42. The number of hydrogen-bond acceptors (Lipinski definition) is 3. The fourth-order valence-electron chi connectivity index (χ4n) is 2.07. The molecule has 0 aliphatic heterocycles. The highest BCUT2D eigenvalue weighted by atomic mass is 16.5. The van der Waals surface area contributed by atoms with Gasteiger partial charge in [-0.3, -0.25) is 0 Å². The lowest BCUT2D eigenvalue weighted by atomic mass is 10.0. The molecule has 96 valence electrons. The second-order valence-electron chi connectivity index (χ2n) is 5.44. The smallest absolute Gasteiger partial charge is 0.122 e. The van der Waals surface area contributed by atoms with Crippen LogP contribution in [0.3, 0.4) is 0 Å². The molecule has 0 spiro atoms. The molecule has 0 aromatic heterocycles. The van der Waals surface area contributed by atoms with Gasteiger partial charge < -0.3 is 10.5 Å². The fourth-order valence-corrected chi connectivity index (χ4v) is 2.07. The van der Waals surface area contributed by atoms with Crippen LogP contribution in [0.2, 0.25) is 0 Å². The van der Waals surface area contributed by atoms with Crippen molar-refractivity contribution in [3.05, 3.63) is 29.3 Å². The Kier molecular flexibility index (Phi) is 3.58. The van der Waals surface area contributed by atoms with Crippen LogP contribution in [0.1, 0.15) is 43.4 Å². The highest BCUT2D eigenvalue weighted by Crippen LogP contribution is 2.48. The largest absolute Gasteiger partial charge is 0.493 e. The molecule has 18 heavy (non-hydrogen) atoms. The van der Waals surface area contributed by atoms with Gasteiger partial charge in [-0.05, 0) is 43.9 Å². The molecule has 3 heteroatoms.